The van der Waals surface area contributed by atoms with Crippen LogP contribution < -0.4 is 5.32 Å². The minimum Gasteiger partial charge on any atom is -0.424 e. The molecule has 0 atom stereocenters. The molecule has 0 spiro atoms. The van der Waals surface area contributed by atoms with Gasteiger partial charge in [-0.05, 0) is 37.6 Å². The third-order valence-electron chi connectivity index (χ3n) is 3.59. The van der Waals surface area contributed by atoms with Crippen LogP contribution in [0, 0.1) is 20.8 Å². The maximum absolute atomic E-state index is 12.3. The summed E-state index contributed by atoms with van der Waals surface area (Å²) in [6.45, 7) is 6.53. The molecule has 24 heavy (non-hydrogen) atoms. The monoisotopic (exact) mass is 325 g/mol. The minimum absolute atomic E-state index is 0.180. The molecule has 0 unspecified atom stereocenters. The molecule has 7 nitrogen and oxygen atoms in total. The molecular formula is C17H19N5O2. The lowest BCUT2D eigenvalue weighted by Gasteiger charge is -2.07. The molecule has 3 aromatic rings. The minimum atomic E-state index is -0.180. The number of aryl methyl sites for hydroxylation is 3. The zero-order valence-electron chi connectivity index (χ0n) is 13.9. The van der Waals surface area contributed by atoms with E-state index in [2.05, 4.69) is 20.6 Å². The van der Waals surface area contributed by atoms with E-state index in [9.17, 15) is 4.79 Å². The van der Waals surface area contributed by atoms with Crippen molar-refractivity contribution in [1.82, 2.24) is 25.3 Å². The fourth-order valence-corrected chi connectivity index (χ4v) is 2.49. The number of hydrogen-bond acceptors (Lipinski definition) is 5. The van der Waals surface area contributed by atoms with Crippen LogP contribution >= 0.6 is 0 Å². The highest BCUT2D eigenvalue weighted by Gasteiger charge is 2.09. The number of benzene rings is 1. The standard InChI is InChI=1S/C17H19N5O2/c1-11-7-12(2)22(21-11)10-14-5-4-6-15(8-14)17(23)18-9-16-20-19-13(3)24-16/h4-8H,9-10H2,1-3H3,(H,18,23). The van der Waals surface area contributed by atoms with Crippen molar-refractivity contribution in [2.75, 3.05) is 0 Å². The molecule has 2 heterocycles. The van der Waals surface area contributed by atoms with Gasteiger partial charge in [-0.2, -0.15) is 5.10 Å². The van der Waals surface area contributed by atoms with E-state index in [1.807, 2.05) is 42.8 Å². The molecule has 0 aliphatic rings. The van der Waals surface area contributed by atoms with Crippen molar-refractivity contribution in [2.45, 2.75) is 33.9 Å². The van der Waals surface area contributed by atoms with E-state index in [1.165, 1.54) is 0 Å². The summed E-state index contributed by atoms with van der Waals surface area (Å²) in [6, 6.07) is 9.52. The van der Waals surface area contributed by atoms with Gasteiger partial charge in [0.15, 0.2) is 0 Å². The van der Waals surface area contributed by atoms with Gasteiger partial charge in [0.05, 0.1) is 18.8 Å². The van der Waals surface area contributed by atoms with E-state index in [4.69, 9.17) is 4.42 Å². The first-order chi connectivity index (χ1) is 11.5. The lowest BCUT2D eigenvalue weighted by molar-refractivity contribution is 0.0947. The molecule has 1 aromatic carbocycles. The Hall–Kier alpha value is -2.96. The third-order valence-corrected chi connectivity index (χ3v) is 3.59. The Morgan fingerprint density at radius 2 is 2.04 bits per heavy atom. The largest absolute Gasteiger partial charge is 0.424 e. The highest BCUT2D eigenvalue weighted by molar-refractivity contribution is 5.94. The molecule has 2 aromatic heterocycles. The molecule has 0 aliphatic heterocycles. The Morgan fingerprint density at radius 3 is 2.71 bits per heavy atom. The maximum atomic E-state index is 12.3. The summed E-state index contributed by atoms with van der Waals surface area (Å²) >= 11 is 0. The Labute approximate surface area is 139 Å². The van der Waals surface area contributed by atoms with E-state index >= 15 is 0 Å². The van der Waals surface area contributed by atoms with Gasteiger partial charge in [0.25, 0.3) is 5.91 Å². The Bertz CT molecular complexity index is 866. The van der Waals surface area contributed by atoms with Crippen LogP contribution in [-0.2, 0) is 13.1 Å². The van der Waals surface area contributed by atoms with E-state index in [0.717, 1.165) is 17.0 Å². The molecule has 7 heteroatoms. The molecule has 3 rings (SSSR count). The quantitative estimate of drug-likeness (QED) is 0.777. The van der Waals surface area contributed by atoms with Crippen molar-refractivity contribution in [1.29, 1.82) is 0 Å². The van der Waals surface area contributed by atoms with Gasteiger partial charge in [0, 0.05) is 18.2 Å². The van der Waals surface area contributed by atoms with Crippen molar-refractivity contribution in [2.24, 2.45) is 0 Å². The van der Waals surface area contributed by atoms with Crippen molar-refractivity contribution in [3.8, 4) is 0 Å². The van der Waals surface area contributed by atoms with Crippen LogP contribution in [-0.4, -0.2) is 25.9 Å². The van der Waals surface area contributed by atoms with E-state index in [-0.39, 0.29) is 12.5 Å². The van der Waals surface area contributed by atoms with Crippen LogP contribution in [0.3, 0.4) is 0 Å². The predicted molar refractivity (Wildman–Crippen MR) is 87.5 cm³/mol. The number of nitrogens with zero attached hydrogens (tertiary/aromatic N) is 4. The number of rotatable bonds is 5. The highest BCUT2D eigenvalue weighted by atomic mass is 16.4. The zero-order valence-corrected chi connectivity index (χ0v) is 13.9. The molecule has 0 radical (unpaired) electrons. The van der Waals surface area contributed by atoms with E-state index in [1.54, 1.807) is 13.0 Å². The van der Waals surface area contributed by atoms with Crippen LogP contribution in [0.25, 0.3) is 0 Å². The summed E-state index contributed by atoms with van der Waals surface area (Å²) < 4.78 is 7.16. The second-order valence-corrected chi connectivity index (χ2v) is 5.68. The van der Waals surface area contributed by atoms with Gasteiger partial charge in [-0.1, -0.05) is 12.1 Å². The van der Waals surface area contributed by atoms with Crippen LogP contribution in [0.5, 0.6) is 0 Å². The second kappa shape index (κ2) is 6.66. The van der Waals surface area contributed by atoms with Crippen LogP contribution in [0.1, 0.15) is 39.1 Å². The van der Waals surface area contributed by atoms with Crippen molar-refractivity contribution in [3.05, 3.63) is 64.6 Å². The van der Waals surface area contributed by atoms with Gasteiger partial charge < -0.3 is 9.73 Å². The topological polar surface area (TPSA) is 85.8 Å². The number of nitrogens with one attached hydrogen (secondary N) is 1. The lowest BCUT2D eigenvalue weighted by Crippen LogP contribution is -2.23. The molecule has 0 saturated heterocycles. The summed E-state index contributed by atoms with van der Waals surface area (Å²) in [7, 11) is 0. The SMILES string of the molecule is Cc1cc(C)n(Cc2cccc(C(=O)NCc3nnc(C)o3)c2)n1. The van der Waals surface area contributed by atoms with Crippen LogP contribution in [0.2, 0.25) is 0 Å². The Balaban J connectivity index is 1.67. The molecule has 0 bridgehead atoms. The number of amides is 1. The highest BCUT2D eigenvalue weighted by Crippen LogP contribution is 2.10. The number of aromatic nitrogens is 4. The Morgan fingerprint density at radius 1 is 1.21 bits per heavy atom. The zero-order chi connectivity index (χ0) is 17.1. The molecular weight excluding hydrogens is 306 g/mol. The number of carbonyl (C=O) groups excluding carboxylic acids is 1. The first-order valence-corrected chi connectivity index (χ1v) is 7.68. The van der Waals surface area contributed by atoms with E-state index in [0.29, 0.717) is 23.9 Å². The normalized spacial score (nSPS) is 10.8. The predicted octanol–water partition coefficient (Wildman–Crippen LogP) is 2.17. The van der Waals surface area contributed by atoms with Crippen molar-refractivity contribution >= 4 is 5.91 Å². The molecule has 1 amide bonds. The van der Waals surface area contributed by atoms with Crippen molar-refractivity contribution < 1.29 is 9.21 Å². The van der Waals surface area contributed by atoms with Crippen molar-refractivity contribution in [3.63, 3.8) is 0 Å². The summed E-state index contributed by atoms with van der Waals surface area (Å²) in [6.07, 6.45) is 0. The maximum Gasteiger partial charge on any atom is 0.251 e. The number of carbonyl (C=O) groups is 1. The molecule has 1 N–H and O–H groups in total. The van der Waals surface area contributed by atoms with Crippen LogP contribution in [0.15, 0.2) is 34.7 Å². The first kappa shape index (κ1) is 15.9. The summed E-state index contributed by atoms with van der Waals surface area (Å²) in [4.78, 5) is 12.3. The fraction of sp³-hybridized carbons (Fsp3) is 0.294. The second-order valence-electron chi connectivity index (χ2n) is 5.68. The van der Waals surface area contributed by atoms with Gasteiger partial charge in [0.1, 0.15) is 0 Å². The van der Waals surface area contributed by atoms with E-state index < -0.39 is 0 Å². The molecule has 0 fully saturated rings. The van der Waals surface area contributed by atoms with Gasteiger partial charge in [-0.25, -0.2) is 0 Å². The molecule has 0 aliphatic carbocycles. The average molecular weight is 325 g/mol. The van der Waals surface area contributed by atoms with Gasteiger partial charge in [0.2, 0.25) is 11.8 Å². The first-order valence-electron chi connectivity index (χ1n) is 7.68. The van der Waals surface area contributed by atoms with Crippen LogP contribution in [0.4, 0.5) is 0 Å². The smallest absolute Gasteiger partial charge is 0.251 e. The lowest BCUT2D eigenvalue weighted by atomic mass is 10.1. The summed E-state index contributed by atoms with van der Waals surface area (Å²) in [5.74, 6) is 0.687. The average Bonchev–Trinajstić information content (AvgIpc) is 3.10. The summed E-state index contributed by atoms with van der Waals surface area (Å²) in [5.41, 5.74) is 3.68. The Kier molecular flexibility index (Phi) is 4.41. The molecule has 0 saturated carbocycles. The summed E-state index contributed by atoms with van der Waals surface area (Å²) in [5, 5.41) is 14.8. The van der Waals surface area contributed by atoms with Gasteiger partial charge >= 0.3 is 0 Å². The molecule has 124 valence electrons. The van der Waals surface area contributed by atoms with Gasteiger partial charge in [-0.15, -0.1) is 10.2 Å². The number of hydrogen-bond donors (Lipinski definition) is 1. The van der Waals surface area contributed by atoms with Gasteiger partial charge in [-0.3, -0.25) is 9.48 Å². The fourth-order valence-electron chi connectivity index (χ4n) is 2.49. The third kappa shape index (κ3) is 3.68.